The Balaban J connectivity index is 2.19. The fourth-order valence-corrected chi connectivity index (χ4v) is 2.25. The average Bonchev–Trinajstić information content (AvgIpc) is 1.41. The minimum absolute atomic E-state index is 0.494. The molecular formula is H7O2Si3. The zero-order valence-electron chi connectivity index (χ0n) is 3.23. The van der Waals surface area contributed by atoms with Gasteiger partial charge in [-0.05, 0) is 0 Å². The molecule has 2 nitrogen and oxygen atoms in total. The normalized spacial score (nSPS) is 11.4. The summed E-state index contributed by atoms with van der Waals surface area (Å²) >= 11 is 0. The van der Waals surface area contributed by atoms with Gasteiger partial charge >= 0.3 is 0 Å². The molecule has 0 unspecified atom stereocenters. The largest absolute Gasteiger partial charge is 0.449 e. The Morgan fingerprint density at radius 3 is 2.40 bits per heavy atom. The second-order valence-electron chi connectivity index (χ2n) is 0.611. The Morgan fingerprint density at radius 1 is 1.80 bits per heavy atom. The molecule has 0 aliphatic carbocycles. The third-order valence-corrected chi connectivity index (χ3v) is 1.81. The van der Waals surface area contributed by atoms with Crippen LogP contribution in [0.1, 0.15) is 0 Å². The average molecular weight is 123 g/mol. The highest BCUT2D eigenvalue weighted by Crippen LogP contribution is 1.52. The molecule has 0 heterocycles. The predicted molar refractivity (Wildman–Crippen MR) is 29.2 cm³/mol. The molecule has 0 aliphatic rings. The van der Waals surface area contributed by atoms with Crippen molar-refractivity contribution in [1.29, 1.82) is 0 Å². The van der Waals surface area contributed by atoms with Gasteiger partial charge in [0.25, 0.3) is 10.0 Å². The lowest BCUT2D eigenvalue weighted by atomic mass is 15.8. The quantitative estimate of drug-likeness (QED) is 0.361. The van der Waals surface area contributed by atoms with Crippen molar-refractivity contribution < 1.29 is 8.23 Å². The lowest BCUT2D eigenvalue weighted by Gasteiger charge is -1.87. The molecule has 0 aromatic heterocycles. The first-order valence-corrected chi connectivity index (χ1v) is 3.82. The first kappa shape index (κ1) is 5.57. The maximum Gasteiger partial charge on any atom is 0.282 e. The van der Waals surface area contributed by atoms with Crippen LogP contribution >= 0.6 is 0 Å². The van der Waals surface area contributed by atoms with Crippen molar-refractivity contribution in [2.45, 2.75) is 0 Å². The summed E-state index contributed by atoms with van der Waals surface area (Å²) in [5.74, 6) is 0. The van der Waals surface area contributed by atoms with E-state index < -0.39 is 10.0 Å². The Bertz CT molecular complexity index is 12.4. The molecule has 0 aliphatic heterocycles. The molecule has 31 valence electrons. The van der Waals surface area contributed by atoms with Gasteiger partial charge in [-0.25, -0.2) is 0 Å². The van der Waals surface area contributed by atoms with Crippen molar-refractivity contribution >= 4 is 31.0 Å². The van der Waals surface area contributed by atoms with E-state index >= 15 is 0 Å². The molecular weight excluding hydrogens is 116 g/mol. The molecule has 0 bridgehead atoms. The van der Waals surface area contributed by atoms with Gasteiger partial charge in [0.15, 0.2) is 10.5 Å². The van der Waals surface area contributed by atoms with Gasteiger partial charge < -0.3 is 8.23 Å². The van der Waals surface area contributed by atoms with E-state index in [4.69, 9.17) is 4.12 Å². The first-order valence-electron chi connectivity index (χ1n) is 1.27. The molecule has 0 aromatic carbocycles. The molecule has 0 spiro atoms. The molecule has 0 rings (SSSR count). The van der Waals surface area contributed by atoms with Crippen LogP contribution in [0.4, 0.5) is 0 Å². The molecule has 0 fully saturated rings. The zero-order valence-corrected chi connectivity index (χ0v) is 8.06. The third kappa shape index (κ3) is 4.57. The van der Waals surface area contributed by atoms with Gasteiger partial charge in [0, 0.05) is 0 Å². The maximum atomic E-state index is 4.75. The van der Waals surface area contributed by atoms with Crippen molar-refractivity contribution in [2.75, 3.05) is 0 Å². The smallest absolute Gasteiger partial charge is 0.282 e. The van der Waals surface area contributed by atoms with Crippen LogP contribution in [-0.4, -0.2) is 31.0 Å². The monoisotopic (exact) mass is 123 g/mol. The van der Waals surface area contributed by atoms with E-state index in [1.165, 1.54) is 10.5 Å². The van der Waals surface area contributed by atoms with Crippen LogP contribution in [0.3, 0.4) is 0 Å². The minimum Gasteiger partial charge on any atom is -0.449 e. The summed E-state index contributed by atoms with van der Waals surface area (Å²) in [7, 11) is 1.85. The molecule has 0 saturated heterocycles. The number of rotatable bonds is 2. The van der Waals surface area contributed by atoms with Crippen LogP contribution in [0.25, 0.3) is 0 Å². The molecule has 0 saturated carbocycles. The van der Waals surface area contributed by atoms with Crippen LogP contribution in [0.5, 0.6) is 0 Å². The summed E-state index contributed by atoms with van der Waals surface area (Å²) in [6.07, 6.45) is 0. The van der Waals surface area contributed by atoms with E-state index in [-0.39, 0.29) is 0 Å². The van der Waals surface area contributed by atoms with Gasteiger partial charge in [-0.1, -0.05) is 0 Å². The predicted octanol–water partition coefficient (Wildman–Crippen LogP) is -3.15. The highest BCUT2D eigenvalue weighted by atomic mass is 28.3. The highest BCUT2D eigenvalue weighted by Gasteiger charge is 1.66. The number of hydrogen-bond donors (Lipinski definition) is 0. The van der Waals surface area contributed by atoms with Gasteiger partial charge in [0.1, 0.15) is 10.5 Å². The van der Waals surface area contributed by atoms with Gasteiger partial charge in [-0.15, -0.1) is 0 Å². The Labute approximate surface area is 40.0 Å². The Kier molecular flexibility index (Phi) is 5.09. The van der Waals surface area contributed by atoms with Crippen molar-refractivity contribution in [3.05, 3.63) is 0 Å². The fraction of sp³-hybridized carbons (Fsp3) is 0. The summed E-state index contributed by atoms with van der Waals surface area (Å²) in [5.41, 5.74) is 0. The van der Waals surface area contributed by atoms with Crippen LogP contribution in [0.15, 0.2) is 0 Å². The van der Waals surface area contributed by atoms with E-state index in [1.807, 2.05) is 0 Å². The van der Waals surface area contributed by atoms with E-state index in [9.17, 15) is 0 Å². The topological polar surface area (TPSA) is 18.5 Å². The molecule has 5 heteroatoms. The Hall–Kier alpha value is 0.571. The van der Waals surface area contributed by atoms with Crippen LogP contribution in [0, 0.1) is 0 Å². The lowest BCUT2D eigenvalue weighted by Crippen LogP contribution is -1.96. The summed E-state index contributed by atoms with van der Waals surface area (Å²) in [5, 5.41) is 0. The van der Waals surface area contributed by atoms with Crippen molar-refractivity contribution in [3.8, 4) is 0 Å². The summed E-state index contributed by atoms with van der Waals surface area (Å²) in [4.78, 5) is 0. The van der Waals surface area contributed by atoms with E-state index in [1.54, 1.807) is 0 Å². The second-order valence-corrected chi connectivity index (χ2v) is 4.79. The van der Waals surface area contributed by atoms with E-state index in [2.05, 4.69) is 4.12 Å². The fourth-order valence-electron chi connectivity index (χ4n) is 0.0833. The molecule has 0 amide bonds. The van der Waals surface area contributed by atoms with Crippen molar-refractivity contribution in [2.24, 2.45) is 0 Å². The molecule has 0 atom stereocenters. The minimum atomic E-state index is -0.494. The molecule has 0 aromatic rings. The van der Waals surface area contributed by atoms with Gasteiger partial charge in [-0.3, -0.25) is 0 Å². The number of hydrogen-bond acceptors (Lipinski definition) is 2. The van der Waals surface area contributed by atoms with Crippen molar-refractivity contribution in [1.82, 2.24) is 0 Å². The van der Waals surface area contributed by atoms with Crippen LogP contribution < -0.4 is 0 Å². The summed E-state index contributed by atoms with van der Waals surface area (Å²) < 4.78 is 9.42. The third-order valence-electron chi connectivity index (χ3n) is 0.201. The maximum absolute atomic E-state index is 4.75. The SMILES string of the molecule is [SiH2]O[SiH2]O[SiH3]. The van der Waals surface area contributed by atoms with Gasteiger partial charge in [-0.2, -0.15) is 0 Å². The first-order chi connectivity index (χ1) is 2.41. The highest BCUT2D eigenvalue weighted by molar-refractivity contribution is 6.33. The molecule has 0 N–H and O–H groups in total. The summed E-state index contributed by atoms with van der Waals surface area (Å²) in [6, 6.07) is 0. The standard InChI is InChI=1S/H7O2Si3/c3-1-5-2-4/h3,5H2,4H3. The van der Waals surface area contributed by atoms with Gasteiger partial charge in [0.05, 0.1) is 0 Å². The Morgan fingerprint density at radius 2 is 2.40 bits per heavy atom. The van der Waals surface area contributed by atoms with Crippen molar-refractivity contribution in [3.63, 3.8) is 0 Å². The van der Waals surface area contributed by atoms with Gasteiger partial charge in [0.2, 0.25) is 0 Å². The van der Waals surface area contributed by atoms with Crippen LogP contribution in [0.2, 0.25) is 0 Å². The molecule has 5 heavy (non-hydrogen) atoms. The lowest BCUT2D eigenvalue weighted by molar-refractivity contribution is 0.513. The van der Waals surface area contributed by atoms with E-state index in [0.717, 1.165) is 10.5 Å². The second kappa shape index (κ2) is 4.57. The zero-order chi connectivity index (χ0) is 4.12. The van der Waals surface area contributed by atoms with Crippen LogP contribution in [-0.2, 0) is 8.23 Å². The molecule has 1 radical (unpaired) electrons. The van der Waals surface area contributed by atoms with E-state index in [0.29, 0.717) is 0 Å². The summed E-state index contributed by atoms with van der Waals surface area (Å²) in [6.45, 7) is 0.